The molecule has 1 saturated heterocycles. The molecule has 0 radical (unpaired) electrons. The van der Waals surface area contributed by atoms with E-state index in [-0.39, 0.29) is 11.6 Å². The number of carboxylic acid groups (broad SMARTS) is 1. The first-order chi connectivity index (χ1) is 22.1. The van der Waals surface area contributed by atoms with E-state index in [9.17, 15) is 9.59 Å². The number of nitrogens with one attached hydrogen (secondary N) is 3. The number of amides is 1. The smallest absolute Gasteiger partial charge is 0.354 e. The Morgan fingerprint density at radius 2 is 1.28 bits per heavy atom. The highest BCUT2D eigenvalue weighted by Gasteiger charge is 2.19. The molecule has 4 N–H and O–H groups in total. The Bertz CT molecular complexity index is 1830. The van der Waals surface area contributed by atoms with Crippen LogP contribution in [0, 0.1) is 0 Å². The maximum Gasteiger partial charge on any atom is 0.354 e. The van der Waals surface area contributed by atoms with Crippen molar-refractivity contribution in [2.24, 2.45) is 0 Å². The van der Waals surface area contributed by atoms with Crippen molar-refractivity contribution in [1.82, 2.24) is 30.6 Å². The molecule has 0 aliphatic carbocycles. The van der Waals surface area contributed by atoms with E-state index in [2.05, 4.69) is 66.8 Å². The molecule has 5 aromatic rings. The van der Waals surface area contributed by atoms with E-state index in [1.807, 2.05) is 0 Å². The second-order valence-corrected chi connectivity index (χ2v) is 12.2. The molecule has 14 heteroatoms. The number of nitrogens with zero attached hydrogens (tertiary/aromatic N) is 4. The molecular formula is C32H29Cl4N7O3. The Kier molecular flexibility index (Phi) is 10.9. The molecule has 1 fully saturated rings. The lowest BCUT2D eigenvalue weighted by Crippen LogP contribution is -2.44. The molecule has 1 aliphatic rings. The largest absolute Gasteiger partial charge is 0.477 e. The van der Waals surface area contributed by atoms with Crippen LogP contribution in [0.5, 0.6) is 0 Å². The lowest BCUT2D eigenvalue weighted by molar-refractivity contribution is 0.0691. The number of H-pyrrole nitrogens is 2. The highest BCUT2D eigenvalue weighted by atomic mass is 35.5. The third-order valence-corrected chi connectivity index (χ3v) is 8.52. The molecule has 1 amide bonds. The van der Waals surface area contributed by atoms with Gasteiger partial charge in [0.2, 0.25) is 0 Å². The van der Waals surface area contributed by atoms with Crippen LogP contribution in [0.4, 0.5) is 5.69 Å². The lowest BCUT2D eigenvalue weighted by Gasteiger charge is -2.34. The number of aromatic amines is 2. The summed E-state index contributed by atoms with van der Waals surface area (Å²) in [4.78, 5) is 28.3. The average Bonchev–Trinajstić information content (AvgIpc) is 3.72. The van der Waals surface area contributed by atoms with Crippen molar-refractivity contribution in [1.29, 1.82) is 0 Å². The molecule has 6 rings (SSSR count). The molecule has 0 saturated carbocycles. The van der Waals surface area contributed by atoms with Crippen molar-refractivity contribution < 1.29 is 14.7 Å². The average molecular weight is 701 g/mol. The van der Waals surface area contributed by atoms with Gasteiger partial charge in [-0.3, -0.25) is 15.0 Å². The topological polar surface area (TPSA) is 130 Å². The molecule has 238 valence electrons. The summed E-state index contributed by atoms with van der Waals surface area (Å²) in [5.74, 6) is -1.32. The van der Waals surface area contributed by atoms with E-state index in [4.69, 9.17) is 51.5 Å². The van der Waals surface area contributed by atoms with Crippen LogP contribution in [-0.4, -0.2) is 75.5 Å². The second-order valence-electron chi connectivity index (χ2n) is 10.5. The van der Waals surface area contributed by atoms with E-state index < -0.39 is 5.97 Å². The van der Waals surface area contributed by atoms with Crippen LogP contribution in [-0.2, 0) is 6.54 Å². The third kappa shape index (κ3) is 8.01. The van der Waals surface area contributed by atoms with E-state index in [0.29, 0.717) is 54.6 Å². The summed E-state index contributed by atoms with van der Waals surface area (Å²) in [5, 5.41) is 26.6. The first kappa shape index (κ1) is 33.3. The summed E-state index contributed by atoms with van der Waals surface area (Å²) < 4.78 is 0. The molecule has 3 aromatic carbocycles. The number of aromatic nitrogens is 4. The summed E-state index contributed by atoms with van der Waals surface area (Å²) >= 11 is 24.0. The van der Waals surface area contributed by atoms with E-state index >= 15 is 0 Å². The second kappa shape index (κ2) is 15.0. The number of hydrogen-bond acceptors (Lipinski definition) is 6. The van der Waals surface area contributed by atoms with Gasteiger partial charge in [-0.1, -0.05) is 70.7 Å². The zero-order valence-corrected chi connectivity index (χ0v) is 27.6. The van der Waals surface area contributed by atoms with Gasteiger partial charge >= 0.3 is 5.97 Å². The van der Waals surface area contributed by atoms with E-state index in [1.165, 1.54) is 11.9 Å². The van der Waals surface area contributed by atoms with Gasteiger partial charge in [-0.25, -0.2) is 4.79 Å². The molecule has 0 spiro atoms. The fraction of sp³-hybridized carbons (Fsp3) is 0.188. The van der Waals surface area contributed by atoms with Crippen LogP contribution in [0.3, 0.4) is 0 Å². The number of likely N-dealkylation sites (N-methyl/N-ethyl adjacent to an activating group) is 1. The highest BCUT2D eigenvalue weighted by molar-refractivity contribution is 6.37. The Morgan fingerprint density at radius 3 is 1.80 bits per heavy atom. The van der Waals surface area contributed by atoms with Crippen molar-refractivity contribution in [3.05, 3.63) is 110 Å². The van der Waals surface area contributed by atoms with Crippen LogP contribution >= 0.6 is 46.4 Å². The molecule has 0 atom stereocenters. The number of benzene rings is 3. The molecule has 0 unspecified atom stereocenters. The van der Waals surface area contributed by atoms with Crippen LogP contribution in [0.1, 0.15) is 26.5 Å². The van der Waals surface area contributed by atoms with Crippen molar-refractivity contribution >= 4 is 64.0 Å². The molecule has 2 aromatic heterocycles. The first-order valence-corrected chi connectivity index (χ1v) is 15.6. The molecular weight excluding hydrogens is 672 g/mol. The number of carbonyl (C=O) groups is 2. The predicted octanol–water partition coefficient (Wildman–Crippen LogP) is 7.15. The number of hydrogen-bond donors (Lipinski definition) is 4. The number of piperazine rings is 1. The van der Waals surface area contributed by atoms with Gasteiger partial charge in [0.05, 0.1) is 22.4 Å². The van der Waals surface area contributed by atoms with Crippen molar-refractivity contribution in [2.75, 3.05) is 38.1 Å². The maximum absolute atomic E-state index is 12.7. The summed E-state index contributed by atoms with van der Waals surface area (Å²) in [7, 11) is 2.15. The number of halogens is 4. The summed E-state index contributed by atoms with van der Waals surface area (Å²) in [5.41, 5.74) is 4.98. The zero-order valence-electron chi connectivity index (χ0n) is 24.5. The van der Waals surface area contributed by atoms with Crippen molar-refractivity contribution in [3.8, 4) is 22.3 Å². The fourth-order valence-corrected chi connectivity index (χ4v) is 5.91. The summed E-state index contributed by atoms with van der Waals surface area (Å²) in [6.45, 7) is 4.63. The van der Waals surface area contributed by atoms with Gasteiger partial charge in [-0.05, 0) is 49.0 Å². The van der Waals surface area contributed by atoms with Gasteiger partial charge in [0.15, 0.2) is 5.69 Å². The molecule has 10 nitrogen and oxygen atoms in total. The minimum atomic E-state index is -1.08. The Labute approximate surface area is 285 Å². The minimum Gasteiger partial charge on any atom is -0.477 e. The van der Waals surface area contributed by atoms with Crippen molar-refractivity contribution in [2.45, 2.75) is 6.54 Å². The molecule has 46 heavy (non-hydrogen) atoms. The van der Waals surface area contributed by atoms with Crippen molar-refractivity contribution in [3.63, 3.8) is 0 Å². The van der Waals surface area contributed by atoms with Crippen LogP contribution < -0.4 is 10.2 Å². The van der Waals surface area contributed by atoms with Crippen LogP contribution in [0.15, 0.2) is 73.1 Å². The summed E-state index contributed by atoms with van der Waals surface area (Å²) in [6, 6.07) is 18.3. The highest BCUT2D eigenvalue weighted by Crippen LogP contribution is 2.33. The maximum atomic E-state index is 12.7. The molecule has 3 heterocycles. The van der Waals surface area contributed by atoms with Gasteiger partial charge in [0, 0.05) is 70.7 Å². The van der Waals surface area contributed by atoms with E-state index in [1.54, 1.807) is 42.6 Å². The van der Waals surface area contributed by atoms with Gasteiger partial charge in [0.25, 0.3) is 5.91 Å². The van der Waals surface area contributed by atoms with Gasteiger partial charge in [-0.15, -0.1) is 0 Å². The van der Waals surface area contributed by atoms with Crippen LogP contribution in [0.2, 0.25) is 20.1 Å². The molecule has 1 aliphatic heterocycles. The third-order valence-electron chi connectivity index (χ3n) is 7.42. The standard InChI is InChI=1S/C22H23Cl2N5O.C10H6Cl2N2O2/c1-28-8-10-29(11-9-28)17-5-2-15(3-6-17)13-25-22(30)21-19(14-26-27-21)18-7-4-16(23)12-20(18)24;11-5-1-2-6(8(12)3-5)7-4-13-14-9(7)10(15)16/h2-7,12,14H,8-11,13H2,1H3,(H,25,30)(H,26,27);1-4H,(H,13,14)(H,15,16). The SMILES string of the molecule is CN1CCN(c2ccc(CNC(=O)c3[nH]ncc3-c3ccc(Cl)cc3Cl)cc2)CC1.O=C(O)c1[nH]ncc1-c1ccc(Cl)cc1Cl. The van der Waals surface area contributed by atoms with Gasteiger partial charge in [-0.2, -0.15) is 10.2 Å². The first-order valence-electron chi connectivity index (χ1n) is 14.1. The van der Waals surface area contributed by atoms with Gasteiger partial charge in [0.1, 0.15) is 5.69 Å². The number of carboxylic acids is 1. The number of anilines is 1. The predicted molar refractivity (Wildman–Crippen MR) is 182 cm³/mol. The Morgan fingerprint density at radius 1 is 0.761 bits per heavy atom. The lowest BCUT2D eigenvalue weighted by atomic mass is 10.1. The Hall–Kier alpha value is -4.06. The normalized spacial score (nSPS) is 13.2. The van der Waals surface area contributed by atoms with Gasteiger partial charge < -0.3 is 20.2 Å². The fourth-order valence-electron chi connectivity index (χ4n) is 4.89. The Balaban J connectivity index is 0.000000219. The number of carbonyl (C=O) groups excluding carboxylic acids is 1. The zero-order chi connectivity index (χ0) is 32.8. The van der Waals surface area contributed by atoms with E-state index in [0.717, 1.165) is 31.7 Å². The number of aromatic carboxylic acids is 1. The quantitative estimate of drug-likeness (QED) is 0.142. The summed E-state index contributed by atoms with van der Waals surface area (Å²) in [6.07, 6.45) is 3.01. The number of rotatable bonds is 7. The monoisotopic (exact) mass is 699 g/mol. The van der Waals surface area contributed by atoms with Crippen LogP contribution in [0.25, 0.3) is 22.3 Å². The minimum absolute atomic E-state index is 0.00391. The molecule has 0 bridgehead atoms.